The quantitative estimate of drug-likeness (QED) is 0.848. The number of hydrogen-bond acceptors (Lipinski definition) is 4. The molecule has 1 aromatic carbocycles. The van der Waals surface area contributed by atoms with E-state index in [4.69, 9.17) is 4.74 Å². The van der Waals surface area contributed by atoms with Gasteiger partial charge >= 0.3 is 6.09 Å². The second-order valence-electron chi connectivity index (χ2n) is 4.77. The van der Waals surface area contributed by atoms with Crippen LogP contribution in [0.2, 0.25) is 0 Å². The molecule has 0 radical (unpaired) electrons. The van der Waals surface area contributed by atoms with Crippen LogP contribution >= 0.6 is 11.8 Å². The molecule has 1 spiro atoms. The first-order chi connectivity index (χ1) is 8.69. The Labute approximate surface area is 110 Å². The normalized spacial score (nSPS) is 22.2. The number of ether oxygens (including phenoxy) is 1. The van der Waals surface area contributed by atoms with Crippen LogP contribution in [-0.2, 0) is 4.74 Å². The van der Waals surface area contributed by atoms with Crippen LogP contribution in [0.5, 0.6) is 5.75 Å². The summed E-state index contributed by atoms with van der Waals surface area (Å²) in [5, 5.41) is 9.48. The number of thioether (sulfide) groups is 1. The first-order valence-corrected chi connectivity index (χ1v) is 7.21. The van der Waals surface area contributed by atoms with Crippen molar-refractivity contribution in [3.63, 3.8) is 0 Å². The first-order valence-electron chi connectivity index (χ1n) is 6.06. The van der Waals surface area contributed by atoms with E-state index in [2.05, 4.69) is 0 Å². The predicted molar refractivity (Wildman–Crippen MR) is 71.2 cm³/mol. The zero-order valence-corrected chi connectivity index (χ0v) is 10.8. The third kappa shape index (κ3) is 2.03. The van der Waals surface area contributed by atoms with Gasteiger partial charge in [0.25, 0.3) is 0 Å². The fourth-order valence-corrected chi connectivity index (χ4v) is 3.72. The first kappa shape index (κ1) is 11.7. The largest absolute Gasteiger partial charge is 0.508 e. The minimum absolute atomic E-state index is 0.167. The molecule has 2 fully saturated rings. The van der Waals surface area contributed by atoms with Crippen LogP contribution in [0.25, 0.3) is 0 Å². The SMILES string of the molecule is O=C1OC2(CCSCC2)CN1c1cccc(O)c1. The molecule has 2 aliphatic rings. The monoisotopic (exact) mass is 265 g/mol. The lowest BCUT2D eigenvalue weighted by Gasteiger charge is -2.30. The summed E-state index contributed by atoms with van der Waals surface area (Å²) in [6.07, 6.45) is 1.53. The molecule has 1 N–H and O–H groups in total. The minimum atomic E-state index is -0.312. The maximum absolute atomic E-state index is 12.0. The molecule has 0 unspecified atom stereocenters. The fraction of sp³-hybridized carbons (Fsp3) is 0.462. The number of rotatable bonds is 1. The van der Waals surface area contributed by atoms with Gasteiger partial charge < -0.3 is 9.84 Å². The van der Waals surface area contributed by atoms with E-state index in [1.807, 2.05) is 17.8 Å². The van der Waals surface area contributed by atoms with Crippen molar-refractivity contribution in [1.29, 1.82) is 0 Å². The number of benzene rings is 1. The number of amides is 1. The van der Waals surface area contributed by atoms with Gasteiger partial charge in [-0.15, -0.1) is 0 Å². The standard InChI is InChI=1S/C13H15NO3S/c15-11-3-1-2-10(8-11)14-9-13(17-12(14)16)4-6-18-7-5-13/h1-3,8,15H,4-7,9H2. The number of phenolic OH excluding ortho intramolecular Hbond substituents is 1. The summed E-state index contributed by atoms with van der Waals surface area (Å²) in [5.41, 5.74) is 0.392. The lowest BCUT2D eigenvalue weighted by Crippen LogP contribution is -2.38. The number of nitrogens with zero attached hydrogens (tertiary/aromatic N) is 1. The zero-order valence-electron chi connectivity index (χ0n) is 9.96. The highest BCUT2D eigenvalue weighted by Crippen LogP contribution is 2.38. The van der Waals surface area contributed by atoms with Crippen molar-refractivity contribution in [3.05, 3.63) is 24.3 Å². The smallest absolute Gasteiger partial charge is 0.415 e. The average molecular weight is 265 g/mol. The Morgan fingerprint density at radius 1 is 1.33 bits per heavy atom. The van der Waals surface area contributed by atoms with Gasteiger partial charge in [-0.1, -0.05) is 6.07 Å². The van der Waals surface area contributed by atoms with E-state index >= 15 is 0 Å². The van der Waals surface area contributed by atoms with Crippen molar-refractivity contribution in [1.82, 2.24) is 0 Å². The minimum Gasteiger partial charge on any atom is -0.508 e. The molecule has 1 amide bonds. The summed E-state index contributed by atoms with van der Waals surface area (Å²) in [6.45, 7) is 0.593. The summed E-state index contributed by atoms with van der Waals surface area (Å²) < 4.78 is 5.59. The molecule has 2 heterocycles. The van der Waals surface area contributed by atoms with Crippen LogP contribution in [0.1, 0.15) is 12.8 Å². The van der Waals surface area contributed by atoms with Crippen LogP contribution in [0.3, 0.4) is 0 Å². The van der Waals surface area contributed by atoms with Gasteiger partial charge in [0.05, 0.1) is 12.2 Å². The maximum Gasteiger partial charge on any atom is 0.415 e. The summed E-state index contributed by atoms with van der Waals surface area (Å²) in [4.78, 5) is 13.6. The van der Waals surface area contributed by atoms with Crippen molar-refractivity contribution < 1.29 is 14.6 Å². The van der Waals surface area contributed by atoms with Gasteiger partial charge in [0.15, 0.2) is 0 Å². The third-order valence-corrected chi connectivity index (χ3v) is 4.50. The summed E-state index contributed by atoms with van der Waals surface area (Å²) in [5.74, 6) is 2.25. The highest BCUT2D eigenvalue weighted by Gasteiger charge is 2.46. The molecule has 96 valence electrons. The van der Waals surface area contributed by atoms with Gasteiger partial charge in [0.2, 0.25) is 0 Å². The number of phenols is 1. The predicted octanol–water partition coefficient (Wildman–Crippen LogP) is 2.61. The molecule has 0 aromatic heterocycles. The van der Waals surface area contributed by atoms with Crippen LogP contribution in [0.15, 0.2) is 24.3 Å². The molecule has 0 atom stereocenters. The van der Waals surface area contributed by atoms with E-state index in [0.717, 1.165) is 24.3 Å². The van der Waals surface area contributed by atoms with Crippen LogP contribution in [0, 0.1) is 0 Å². The molecule has 4 nitrogen and oxygen atoms in total. The molecule has 18 heavy (non-hydrogen) atoms. The summed E-state index contributed by atoms with van der Waals surface area (Å²) in [6, 6.07) is 6.74. The Morgan fingerprint density at radius 3 is 2.83 bits per heavy atom. The Bertz CT molecular complexity index is 471. The van der Waals surface area contributed by atoms with Gasteiger partial charge in [-0.3, -0.25) is 4.90 Å². The molecule has 1 aromatic rings. The zero-order chi connectivity index (χ0) is 12.6. The fourth-order valence-electron chi connectivity index (χ4n) is 2.49. The van der Waals surface area contributed by atoms with E-state index in [-0.39, 0.29) is 17.4 Å². The second kappa shape index (κ2) is 4.39. The van der Waals surface area contributed by atoms with Crippen molar-refractivity contribution in [2.45, 2.75) is 18.4 Å². The molecule has 5 heteroatoms. The molecule has 0 aliphatic carbocycles. The van der Waals surface area contributed by atoms with E-state index in [1.54, 1.807) is 23.1 Å². The van der Waals surface area contributed by atoms with Gasteiger partial charge in [0.1, 0.15) is 11.4 Å². The van der Waals surface area contributed by atoms with Crippen molar-refractivity contribution in [2.24, 2.45) is 0 Å². The van der Waals surface area contributed by atoms with Crippen molar-refractivity contribution >= 4 is 23.5 Å². The van der Waals surface area contributed by atoms with E-state index in [1.165, 1.54) is 0 Å². The average Bonchev–Trinajstić information content (AvgIpc) is 2.67. The molecular formula is C13H15NO3S. The van der Waals surface area contributed by atoms with Gasteiger partial charge in [-0.05, 0) is 36.5 Å². The Morgan fingerprint density at radius 2 is 2.11 bits per heavy atom. The third-order valence-electron chi connectivity index (χ3n) is 3.52. The number of carbonyl (C=O) groups excluding carboxylic acids is 1. The van der Waals surface area contributed by atoms with Crippen molar-refractivity contribution in [2.75, 3.05) is 23.0 Å². The van der Waals surface area contributed by atoms with E-state index in [9.17, 15) is 9.90 Å². The van der Waals surface area contributed by atoms with Crippen LogP contribution in [-0.4, -0.2) is 34.9 Å². The number of aromatic hydroxyl groups is 1. The number of carbonyl (C=O) groups is 1. The topological polar surface area (TPSA) is 49.8 Å². The highest BCUT2D eigenvalue weighted by atomic mass is 32.2. The number of anilines is 1. The maximum atomic E-state index is 12.0. The Kier molecular flexibility index (Phi) is 2.86. The molecule has 0 bridgehead atoms. The van der Waals surface area contributed by atoms with Gasteiger partial charge in [0, 0.05) is 6.07 Å². The lowest BCUT2D eigenvalue weighted by atomic mass is 9.97. The number of hydrogen-bond donors (Lipinski definition) is 1. The Balaban J connectivity index is 1.84. The second-order valence-corrected chi connectivity index (χ2v) is 5.99. The summed E-state index contributed by atoms with van der Waals surface area (Å²) >= 11 is 1.91. The molecule has 2 aliphatic heterocycles. The molecule has 0 saturated carbocycles. The van der Waals surface area contributed by atoms with Crippen LogP contribution in [0.4, 0.5) is 10.5 Å². The van der Waals surface area contributed by atoms with Crippen molar-refractivity contribution in [3.8, 4) is 5.75 Å². The van der Waals surface area contributed by atoms with Crippen LogP contribution < -0.4 is 4.90 Å². The Hall–Kier alpha value is -1.36. The molecule has 2 saturated heterocycles. The highest BCUT2D eigenvalue weighted by molar-refractivity contribution is 7.99. The molecular weight excluding hydrogens is 250 g/mol. The van der Waals surface area contributed by atoms with E-state index < -0.39 is 0 Å². The molecule has 3 rings (SSSR count). The van der Waals surface area contributed by atoms with Gasteiger partial charge in [-0.25, -0.2) is 4.79 Å². The van der Waals surface area contributed by atoms with Gasteiger partial charge in [-0.2, -0.15) is 11.8 Å². The summed E-state index contributed by atoms with van der Waals surface area (Å²) in [7, 11) is 0. The lowest BCUT2D eigenvalue weighted by molar-refractivity contribution is 0.0502. The van der Waals surface area contributed by atoms with E-state index in [0.29, 0.717) is 12.2 Å².